The van der Waals surface area contributed by atoms with Gasteiger partial charge in [-0.15, -0.1) is 0 Å². The average molecular weight is 266 g/mol. The maximum absolute atomic E-state index is 13.5. The van der Waals surface area contributed by atoms with E-state index >= 15 is 0 Å². The summed E-state index contributed by atoms with van der Waals surface area (Å²) in [5.41, 5.74) is 5.07. The summed E-state index contributed by atoms with van der Waals surface area (Å²) in [6.45, 7) is 3.98. The highest BCUT2D eigenvalue weighted by molar-refractivity contribution is 5.22. The molecule has 0 aliphatic rings. The van der Waals surface area contributed by atoms with Gasteiger partial charge in [-0.25, -0.2) is 8.78 Å². The van der Waals surface area contributed by atoms with Gasteiger partial charge >= 0.3 is 0 Å². The standard InChI is InChI=1S/C14H16F2N2O/c1-9-3-4-10(2)18(9)17-8-14(19)12-6-5-11(15)7-13(12)16/h3-7,14,17,19H,8H2,1-2H3. The second-order valence-electron chi connectivity index (χ2n) is 4.50. The number of hydrogen-bond donors (Lipinski definition) is 2. The van der Waals surface area contributed by atoms with Gasteiger partial charge in [-0.3, -0.25) is 4.68 Å². The molecule has 0 bridgehead atoms. The van der Waals surface area contributed by atoms with Crippen LogP contribution >= 0.6 is 0 Å². The van der Waals surface area contributed by atoms with Crippen molar-refractivity contribution in [2.75, 3.05) is 12.0 Å². The minimum Gasteiger partial charge on any atom is -0.386 e. The molecule has 1 heterocycles. The van der Waals surface area contributed by atoms with Crippen LogP contribution in [0.4, 0.5) is 8.78 Å². The predicted octanol–water partition coefficient (Wildman–Crippen LogP) is 2.66. The van der Waals surface area contributed by atoms with Gasteiger partial charge in [-0.2, -0.15) is 0 Å². The van der Waals surface area contributed by atoms with Crippen LogP contribution in [0.25, 0.3) is 0 Å². The first kappa shape index (κ1) is 13.5. The SMILES string of the molecule is Cc1ccc(C)n1NCC(O)c1ccc(F)cc1F. The first-order valence-electron chi connectivity index (χ1n) is 6.01. The minimum atomic E-state index is -1.04. The number of halogens is 2. The molecule has 0 fully saturated rings. The molecular weight excluding hydrogens is 250 g/mol. The van der Waals surface area contributed by atoms with Crippen molar-refractivity contribution in [1.29, 1.82) is 0 Å². The van der Waals surface area contributed by atoms with Crippen LogP contribution in [0.15, 0.2) is 30.3 Å². The van der Waals surface area contributed by atoms with Crippen LogP contribution < -0.4 is 5.43 Å². The van der Waals surface area contributed by atoms with Crippen LogP contribution in [-0.2, 0) is 0 Å². The number of benzene rings is 1. The van der Waals surface area contributed by atoms with E-state index in [0.29, 0.717) is 0 Å². The van der Waals surface area contributed by atoms with Gasteiger partial charge in [0.2, 0.25) is 0 Å². The van der Waals surface area contributed by atoms with E-state index in [1.807, 2.05) is 30.7 Å². The lowest BCUT2D eigenvalue weighted by atomic mass is 10.1. The third kappa shape index (κ3) is 2.93. The lowest BCUT2D eigenvalue weighted by Crippen LogP contribution is -2.23. The fraction of sp³-hybridized carbons (Fsp3) is 0.286. The zero-order chi connectivity index (χ0) is 14.0. The van der Waals surface area contributed by atoms with Crippen LogP contribution in [0.3, 0.4) is 0 Å². The highest BCUT2D eigenvalue weighted by Gasteiger charge is 2.13. The topological polar surface area (TPSA) is 37.2 Å². The maximum Gasteiger partial charge on any atom is 0.131 e. The molecule has 1 aromatic carbocycles. The molecular formula is C14H16F2N2O. The Morgan fingerprint density at radius 2 is 1.79 bits per heavy atom. The molecule has 0 saturated heterocycles. The first-order chi connectivity index (χ1) is 8.99. The van der Waals surface area contributed by atoms with Crippen molar-refractivity contribution in [3.63, 3.8) is 0 Å². The number of aryl methyl sites for hydroxylation is 2. The van der Waals surface area contributed by atoms with Gasteiger partial charge in [-0.05, 0) is 32.0 Å². The zero-order valence-corrected chi connectivity index (χ0v) is 10.8. The summed E-state index contributed by atoms with van der Waals surface area (Å²) < 4.78 is 28.1. The van der Waals surface area contributed by atoms with E-state index in [1.54, 1.807) is 0 Å². The molecule has 2 aromatic rings. The molecule has 1 aromatic heterocycles. The summed E-state index contributed by atoms with van der Waals surface area (Å²) in [5, 5.41) is 9.93. The lowest BCUT2D eigenvalue weighted by molar-refractivity contribution is 0.183. The van der Waals surface area contributed by atoms with Crippen LogP contribution in [0.5, 0.6) is 0 Å². The van der Waals surface area contributed by atoms with Gasteiger partial charge in [0.1, 0.15) is 17.7 Å². The van der Waals surface area contributed by atoms with Crippen molar-refractivity contribution in [2.24, 2.45) is 0 Å². The average Bonchev–Trinajstić information content (AvgIpc) is 2.66. The van der Waals surface area contributed by atoms with E-state index in [9.17, 15) is 13.9 Å². The number of aromatic nitrogens is 1. The fourth-order valence-corrected chi connectivity index (χ4v) is 1.98. The summed E-state index contributed by atoms with van der Waals surface area (Å²) in [7, 11) is 0. The number of nitrogens with one attached hydrogen (secondary N) is 1. The summed E-state index contributed by atoms with van der Waals surface area (Å²) in [6, 6.07) is 7.03. The molecule has 0 aliphatic heterocycles. The summed E-state index contributed by atoms with van der Waals surface area (Å²) >= 11 is 0. The van der Waals surface area contributed by atoms with Crippen LogP contribution in [0, 0.1) is 25.5 Å². The van der Waals surface area contributed by atoms with Gasteiger partial charge in [0.15, 0.2) is 0 Å². The normalized spacial score (nSPS) is 12.5. The number of aliphatic hydroxyl groups excluding tert-OH is 1. The molecule has 2 N–H and O–H groups in total. The van der Waals surface area contributed by atoms with Crippen LogP contribution in [0.1, 0.15) is 23.1 Å². The number of aliphatic hydroxyl groups is 1. The van der Waals surface area contributed by atoms with Gasteiger partial charge in [-0.1, -0.05) is 6.07 Å². The summed E-state index contributed by atoms with van der Waals surface area (Å²) in [6.07, 6.45) is -1.04. The quantitative estimate of drug-likeness (QED) is 0.892. The van der Waals surface area contributed by atoms with Crippen molar-refractivity contribution in [2.45, 2.75) is 20.0 Å². The first-order valence-corrected chi connectivity index (χ1v) is 6.01. The second-order valence-corrected chi connectivity index (χ2v) is 4.50. The lowest BCUT2D eigenvalue weighted by Gasteiger charge is -2.17. The van der Waals surface area contributed by atoms with E-state index in [-0.39, 0.29) is 12.1 Å². The third-order valence-corrected chi connectivity index (χ3v) is 3.04. The van der Waals surface area contributed by atoms with Gasteiger partial charge in [0, 0.05) is 23.0 Å². The third-order valence-electron chi connectivity index (χ3n) is 3.04. The minimum absolute atomic E-state index is 0.0800. The highest BCUT2D eigenvalue weighted by atomic mass is 19.1. The Balaban J connectivity index is 2.07. The van der Waals surface area contributed by atoms with Gasteiger partial charge in [0.25, 0.3) is 0 Å². The van der Waals surface area contributed by atoms with Crippen molar-refractivity contribution >= 4 is 0 Å². The van der Waals surface area contributed by atoms with Crippen molar-refractivity contribution in [3.05, 3.63) is 58.9 Å². The molecule has 0 saturated carbocycles. The Bertz CT molecular complexity index is 561. The Labute approximate surface area is 110 Å². The predicted molar refractivity (Wildman–Crippen MR) is 69.5 cm³/mol. The van der Waals surface area contributed by atoms with Crippen LogP contribution in [0.2, 0.25) is 0 Å². The molecule has 1 atom stereocenters. The molecule has 19 heavy (non-hydrogen) atoms. The second kappa shape index (κ2) is 5.40. The molecule has 1 unspecified atom stereocenters. The van der Waals surface area contributed by atoms with Gasteiger partial charge in [0.05, 0.1) is 6.54 Å². The Morgan fingerprint density at radius 3 is 2.37 bits per heavy atom. The molecule has 5 heteroatoms. The van der Waals surface area contributed by atoms with E-state index < -0.39 is 17.7 Å². The van der Waals surface area contributed by atoms with E-state index in [0.717, 1.165) is 23.5 Å². The molecule has 0 radical (unpaired) electrons. The van der Waals surface area contributed by atoms with E-state index in [2.05, 4.69) is 5.43 Å². The Morgan fingerprint density at radius 1 is 1.16 bits per heavy atom. The van der Waals surface area contributed by atoms with E-state index in [1.165, 1.54) is 6.07 Å². The Hall–Kier alpha value is -1.88. The maximum atomic E-state index is 13.5. The largest absolute Gasteiger partial charge is 0.386 e. The van der Waals surface area contributed by atoms with Crippen LogP contribution in [-0.4, -0.2) is 16.3 Å². The summed E-state index contributed by atoms with van der Waals surface area (Å²) in [4.78, 5) is 0. The molecule has 102 valence electrons. The molecule has 0 spiro atoms. The Kier molecular flexibility index (Phi) is 3.85. The fourth-order valence-electron chi connectivity index (χ4n) is 1.98. The smallest absolute Gasteiger partial charge is 0.131 e. The summed E-state index contributed by atoms with van der Waals surface area (Å²) in [5.74, 6) is -1.39. The zero-order valence-electron chi connectivity index (χ0n) is 10.8. The van der Waals surface area contributed by atoms with E-state index in [4.69, 9.17) is 0 Å². The number of nitrogens with zero attached hydrogens (tertiary/aromatic N) is 1. The number of rotatable bonds is 4. The van der Waals surface area contributed by atoms with Crippen molar-refractivity contribution < 1.29 is 13.9 Å². The highest BCUT2D eigenvalue weighted by Crippen LogP contribution is 2.18. The monoisotopic (exact) mass is 266 g/mol. The van der Waals surface area contributed by atoms with Crippen molar-refractivity contribution in [1.82, 2.24) is 4.68 Å². The molecule has 0 amide bonds. The van der Waals surface area contributed by atoms with Gasteiger partial charge < -0.3 is 10.5 Å². The molecule has 0 aliphatic carbocycles. The number of hydrogen-bond acceptors (Lipinski definition) is 2. The van der Waals surface area contributed by atoms with Crippen molar-refractivity contribution in [3.8, 4) is 0 Å². The molecule has 3 nitrogen and oxygen atoms in total. The molecule has 2 rings (SSSR count).